The number of hydrogen-bond donors (Lipinski definition) is 1. The number of anilines is 1. The maximum Gasteiger partial charge on any atom is 0.159 e. The molecule has 0 aliphatic carbocycles. The lowest BCUT2D eigenvalue weighted by molar-refractivity contribution is 0.101. The Kier molecular flexibility index (Phi) is 4.06. The number of carbonyl (C=O) groups excluding carboxylic acids is 1. The summed E-state index contributed by atoms with van der Waals surface area (Å²) in [6, 6.07) is 13.5. The number of carbonyl (C=O) groups is 1. The van der Waals surface area contributed by atoms with Crippen molar-refractivity contribution in [2.75, 3.05) is 30.3 Å². The summed E-state index contributed by atoms with van der Waals surface area (Å²) < 4.78 is 0. The molecule has 2 aromatic rings. The highest BCUT2D eigenvalue weighted by Crippen LogP contribution is 2.51. The van der Waals surface area contributed by atoms with Crippen LogP contribution in [0.15, 0.2) is 41.3 Å². The molecule has 5 rings (SSSR count). The Labute approximate surface area is 159 Å². The van der Waals surface area contributed by atoms with Gasteiger partial charge < -0.3 is 10.2 Å². The fourth-order valence-corrected chi connectivity index (χ4v) is 5.86. The highest BCUT2D eigenvalue weighted by molar-refractivity contribution is 7.99. The van der Waals surface area contributed by atoms with Gasteiger partial charge in [-0.1, -0.05) is 24.3 Å². The summed E-state index contributed by atoms with van der Waals surface area (Å²) in [7, 11) is 0. The molecule has 0 amide bonds. The first-order valence-corrected chi connectivity index (χ1v) is 10.6. The molecule has 3 nitrogen and oxygen atoms in total. The molecule has 1 N–H and O–H groups in total. The number of Topliss-reactive ketones (excluding diaryl/α,β-unsaturated/α-hetero) is 1. The van der Waals surface area contributed by atoms with Gasteiger partial charge in [0.1, 0.15) is 0 Å². The van der Waals surface area contributed by atoms with Crippen LogP contribution >= 0.6 is 11.8 Å². The van der Waals surface area contributed by atoms with Crippen LogP contribution in [0.1, 0.15) is 41.6 Å². The van der Waals surface area contributed by atoms with Crippen molar-refractivity contribution in [1.82, 2.24) is 5.32 Å². The molecule has 3 aliphatic rings. The van der Waals surface area contributed by atoms with Gasteiger partial charge >= 0.3 is 0 Å². The summed E-state index contributed by atoms with van der Waals surface area (Å²) in [5, 5.41) is 3.61. The highest BCUT2D eigenvalue weighted by Gasteiger charge is 2.41. The Bertz CT molecular complexity index is 861. The molecule has 2 unspecified atom stereocenters. The molecule has 4 heteroatoms. The number of ketones is 1. The standard InChI is InChI=1S/C22H24N2OS/c1-14(25)15-3-5-16(6-4-15)17-11-18-19-13-23-8-7-20(19)24-9-2-10-26-21(12-17)22(18)24/h3-6,11-12,19-20,23H,2,7-10,13H2,1H3. The van der Waals surface area contributed by atoms with E-state index in [1.165, 1.54) is 52.4 Å². The van der Waals surface area contributed by atoms with Gasteiger partial charge in [0, 0.05) is 35.5 Å². The molecule has 134 valence electrons. The first-order valence-electron chi connectivity index (χ1n) is 9.62. The smallest absolute Gasteiger partial charge is 0.159 e. The number of benzene rings is 2. The van der Waals surface area contributed by atoms with Crippen molar-refractivity contribution in [3.05, 3.63) is 47.5 Å². The summed E-state index contributed by atoms with van der Waals surface area (Å²) in [6.45, 7) is 5.04. The Morgan fingerprint density at radius 1 is 1.19 bits per heavy atom. The minimum Gasteiger partial charge on any atom is -0.367 e. The van der Waals surface area contributed by atoms with Crippen molar-refractivity contribution >= 4 is 23.2 Å². The molecule has 2 aromatic carbocycles. The minimum atomic E-state index is 0.124. The van der Waals surface area contributed by atoms with Crippen LogP contribution in [-0.2, 0) is 0 Å². The summed E-state index contributed by atoms with van der Waals surface area (Å²) >= 11 is 2.01. The van der Waals surface area contributed by atoms with Gasteiger partial charge in [-0.05, 0) is 60.9 Å². The summed E-state index contributed by atoms with van der Waals surface area (Å²) in [4.78, 5) is 15.7. The molecule has 0 bridgehead atoms. The molecular weight excluding hydrogens is 340 g/mol. The minimum absolute atomic E-state index is 0.124. The summed E-state index contributed by atoms with van der Waals surface area (Å²) in [5.74, 6) is 1.93. The molecule has 0 saturated carbocycles. The molecular formula is C22H24N2OS. The summed E-state index contributed by atoms with van der Waals surface area (Å²) in [5.41, 5.74) is 6.31. The van der Waals surface area contributed by atoms with Crippen molar-refractivity contribution in [1.29, 1.82) is 0 Å². The van der Waals surface area contributed by atoms with Gasteiger partial charge in [-0.25, -0.2) is 0 Å². The molecule has 3 heterocycles. The third-order valence-electron chi connectivity index (χ3n) is 6.06. The van der Waals surface area contributed by atoms with Crippen molar-refractivity contribution in [3.8, 4) is 11.1 Å². The average molecular weight is 365 g/mol. The Hall–Kier alpha value is -1.78. The zero-order valence-electron chi connectivity index (χ0n) is 15.1. The lowest BCUT2D eigenvalue weighted by Crippen LogP contribution is -2.44. The molecule has 0 spiro atoms. The topological polar surface area (TPSA) is 32.3 Å². The second-order valence-electron chi connectivity index (χ2n) is 7.61. The average Bonchev–Trinajstić information content (AvgIpc) is 2.83. The van der Waals surface area contributed by atoms with Crippen LogP contribution in [0.5, 0.6) is 0 Å². The molecule has 0 aromatic heterocycles. The number of piperidine rings is 1. The number of nitrogens with zero attached hydrogens (tertiary/aromatic N) is 1. The number of thioether (sulfide) groups is 1. The van der Waals surface area contributed by atoms with Crippen molar-refractivity contribution in [3.63, 3.8) is 0 Å². The number of fused-ring (bicyclic) bond motifs is 3. The van der Waals surface area contributed by atoms with Crippen LogP contribution < -0.4 is 10.2 Å². The molecule has 2 atom stereocenters. The van der Waals surface area contributed by atoms with Crippen LogP contribution in [0.25, 0.3) is 11.1 Å². The van der Waals surface area contributed by atoms with E-state index in [1.54, 1.807) is 6.92 Å². The van der Waals surface area contributed by atoms with E-state index in [0.717, 1.165) is 18.7 Å². The van der Waals surface area contributed by atoms with Gasteiger partial charge in [-0.15, -0.1) is 11.8 Å². The normalized spacial score (nSPS) is 24.0. The van der Waals surface area contributed by atoms with Crippen LogP contribution in [0, 0.1) is 0 Å². The maximum atomic E-state index is 11.6. The number of nitrogens with one attached hydrogen (secondary N) is 1. The number of hydrogen-bond acceptors (Lipinski definition) is 4. The van der Waals surface area contributed by atoms with E-state index in [1.807, 2.05) is 23.9 Å². The van der Waals surface area contributed by atoms with E-state index in [0.29, 0.717) is 12.0 Å². The third-order valence-corrected chi connectivity index (χ3v) is 7.18. The van der Waals surface area contributed by atoms with Gasteiger partial charge in [-0.2, -0.15) is 0 Å². The lowest BCUT2D eigenvalue weighted by Gasteiger charge is -2.33. The fraction of sp³-hybridized carbons (Fsp3) is 0.409. The molecule has 1 fully saturated rings. The fourth-order valence-electron chi connectivity index (χ4n) is 4.79. The maximum absolute atomic E-state index is 11.6. The van der Waals surface area contributed by atoms with Crippen molar-refractivity contribution in [2.45, 2.75) is 36.6 Å². The highest BCUT2D eigenvalue weighted by atomic mass is 32.2. The zero-order chi connectivity index (χ0) is 17.7. The Morgan fingerprint density at radius 2 is 2.04 bits per heavy atom. The van der Waals surface area contributed by atoms with E-state index in [-0.39, 0.29) is 5.78 Å². The van der Waals surface area contributed by atoms with Gasteiger partial charge in [0.25, 0.3) is 0 Å². The third kappa shape index (κ3) is 2.58. The predicted molar refractivity (Wildman–Crippen MR) is 109 cm³/mol. The first kappa shape index (κ1) is 16.4. The second kappa shape index (κ2) is 6.43. The largest absolute Gasteiger partial charge is 0.367 e. The monoisotopic (exact) mass is 364 g/mol. The summed E-state index contributed by atoms with van der Waals surface area (Å²) in [6.07, 6.45) is 2.50. The van der Waals surface area contributed by atoms with E-state index in [9.17, 15) is 4.79 Å². The Morgan fingerprint density at radius 3 is 2.85 bits per heavy atom. The number of rotatable bonds is 2. The predicted octanol–water partition coefficient (Wildman–Crippen LogP) is 4.32. The lowest BCUT2D eigenvalue weighted by atomic mass is 9.88. The van der Waals surface area contributed by atoms with Gasteiger partial charge in [-0.3, -0.25) is 4.79 Å². The van der Waals surface area contributed by atoms with Gasteiger partial charge in [0.2, 0.25) is 0 Å². The van der Waals surface area contributed by atoms with E-state index in [4.69, 9.17) is 0 Å². The molecule has 3 aliphatic heterocycles. The van der Waals surface area contributed by atoms with Crippen LogP contribution in [0.2, 0.25) is 0 Å². The van der Waals surface area contributed by atoms with Crippen LogP contribution in [0.4, 0.5) is 5.69 Å². The van der Waals surface area contributed by atoms with Crippen LogP contribution in [0.3, 0.4) is 0 Å². The van der Waals surface area contributed by atoms with E-state index < -0.39 is 0 Å². The van der Waals surface area contributed by atoms with Gasteiger partial charge in [0.05, 0.1) is 5.69 Å². The van der Waals surface area contributed by atoms with E-state index >= 15 is 0 Å². The second-order valence-corrected chi connectivity index (χ2v) is 8.74. The quantitative estimate of drug-likeness (QED) is 0.805. The SMILES string of the molecule is CC(=O)c1ccc(-c2cc3c4c(c2)C2CNCCC2N4CCCS3)cc1. The molecule has 0 radical (unpaired) electrons. The van der Waals surface area contributed by atoms with Crippen molar-refractivity contribution < 1.29 is 4.79 Å². The van der Waals surface area contributed by atoms with Crippen LogP contribution in [-0.4, -0.2) is 37.2 Å². The van der Waals surface area contributed by atoms with E-state index in [2.05, 4.69) is 34.5 Å². The van der Waals surface area contributed by atoms with Gasteiger partial charge in [0.15, 0.2) is 5.78 Å². The first-order chi connectivity index (χ1) is 12.7. The molecule has 26 heavy (non-hydrogen) atoms. The van der Waals surface area contributed by atoms with Crippen molar-refractivity contribution in [2.24, 2.45) is 0 Å². The zero-order valence-corrected chi connectivity index (χ0v) is 15.9. The molecule has 1 saturated heterocycles. The Balaban J connectivity index is 1.62.